The number of hydrogen-bond acceptors (Lipinski definition) is 2. The third-order valence-corrected chi connectivity index (χ3v) is 5.93. The van der Waals surface area contributed by atoms with Gasteiger partial charge in [0.15, 0.2) is 0 Å². The number of hydrogen-bond donors (Lipinski definition) is 2. The van der Waals surface area contributed by atoms with E-state index in [1.54, 1.807) is 30.3 Å². The monoisotopic (exact) mass is 466 g/mol. The molecule has 1 aliphatic carbocycles. The zero-order chi connectivity index (χ0) is 24.4. The first-order chi connectivity index (χ1) is 15.6. The van der Waals surface area contributed by atoms with E-state index in [9.17, 15) is 9.59 Å². The van der Waals surface area contributed by atoms with Gasteiger partial charge in [-0.15, -0.1) is 11.6 Å². The summed E-state index contributed by atoms with van der Waals surface area (Å²) in [6.45, 7) is 10.9. The van der Waals surface area contributed by atoms with Crippen molar-refractivity contribution in [3.05, 3.63) is 83.0 Å². The molecule has 1 aromatic carbocycles. The van der Waals surface area contributed by atoms with Crippen molar-refractivity contribution in [3.63, 3.8) is 0 Å². The van der Waals surface area contributed by atoms with E-state index in [0.717, 1.165) is 11.1 Å². The molecule has 1 aromatic rings. The molecule has 176 valence electrons. The second-order valence-corrected chi connectivity index (χ2v) is 9.44. The van der Waals surface area contributed by atoms with Crippen LogP contribution >= 0.6 is 11.6 Å². The molecule has 5 heteroatoms. The largest absolute Gasteiger partial charge is 0.325 e. The number of rotatable bonds is 8. The fourth-order valence-electron chi connectivity index (χ4n) is 3.90. The average Bonchev–Trinajstić information content (AvgIpc) is 2.74. The molecule has 1 aliphatic rings. The number of allylic oxidation sites excluding steroid dienone is 9. The summed E-state index contributed by atoms with van der Waals surface area (Å²) >= 11 is 5.48. The van der Waals surface area contributed by atoms with Crippen LogP contribution in [-0.2, 0) is 9.59 Å². The Morgan fingerprint density at radius 3 is 2.27 bits per heavy atom. The predicted molar refractivity (Wildman–Crippen MR) is 141 cm³/mol. The number of carbonyl (C=O) groups is 2. The van der Waals surface area contributed by atoms with Gasteiger partial charge in [0.25, 0.3) is 0 Å². The quantitative estimate of drug-likeness (QED) is 0.239. The first-order valence-corrected chi connectivity index (χ1v) is 11.8. The van der Waals surface area contributed by atoms with Gasteiger partial charge in [0, 0.05) is 17.5 Å². The molecule has 4 nitrogen and oxygen atoms in total. The van der Waals surface area contributed by atoms with Gasteiger partial charge in [-0.05, 0) is 80.9 Å². The van der Waals surface area contributed by atoms with E-state index in [1.807, 2.05) is 25.2 Å². The summed E-state index contributed by atoms with van der Waals surface area (Å²) in [4.78, 5) is 23.6. The summed E-state index contributed by atoms with van der Waals surface area (Å²) in [7, 11) is 0. The van der Waals surface area contributed by atoms with Crippen LogP contribution in [0.2, 0.25) is 0 Å². The van der Waals surface area contributed by atoms with E-state index in [2.05, 4.69) is 50.5 Å². The van der Waals surface area contributed by atoms with Crippen molar-refractivity contribution in [2.45, 2.75) is 53.9 Å². The molecular formula is C28H35ClN2O2. The first kappa shape index (κ1) is 26.4. The fraction of sp³-hybridized carbons (Fsp3) is 0.357. The Kier molecular flexibility index (Phi) is 9.93. The topological polar surface area (TPSA) is 58.2 Å². The van der Waals surface area contributed by atoms with E-state index < -0.39 is 0 Å². The minimum atomic E-state index is -0.274. The molecule has 0 saturated carbocycles. The molecule has 0 radical (unpaired) electrons. The summed E-state index contributed by atoms with van der Waals surface area (Å²) in [6.07, 6.45) is 15.6. The molecule has 2 N–H and O–H groups in total. The van der Waals surface area contributed by atoms with E-state index >= 15 is 0 Å². The number of nitrogens with one attached hydrogen (secondary N) is 2. The zero-order valence-electron chi connectivity index (χ0n) is 20.3. The zero-order valence-corrected chi connectivity index (χ0v) is 21.1. The molecule has 0 heterocycles. The van der Waals surface area contributed by atoms with E-state index in [0.29, 0.717) is 11.4 Å². The molecule has 2 rings (SSSR count). The van der Waals surface area contributed by atoms with Crippen molar-refractivity contribution in [2.75, 3.05) is 16.5 Å². The van der Waals surface area contributed by atoms with Gasteiger partial charge in [-0.25, -0.2) is 0 Å². The van der Waals surface area contributed by atoms with Gasteiger partial charge in [-0.3, -0.25) is 9.59 Å². The SMILES string of the molecule is CC(C=CC1=C(C)CCCC1(C)C)=CC=CC(C)=CC(=O)Nc1ccc(NC(=O)CCl)cc1. The van der Waals surface area contributed by atoms with Crippen LogP contribution in [0.25, 0.3) is 0 Å². The molecule has 0 spiro atoms. The van der Waals surface area contributed by atoms with Crippen LogP contribution < -0.4 is 10.6 Å². The van der Waals surface area contributed by atoms with Crippen LogP contribution in [0.4, 0.5) is 11.4 Å². The van der Waals surface area contributed by atoms with Gasteiger partial charge >= 0.3 is 0 Å². The Hall–Kier alpha value is -2.85. The molecule has 0 aliphatic heterocycles. The standard InChI is InChI=1S/C28H35ClN2O2/c1-20(11-16-25-22(3)10-7-17-28(25,4)5)8-6-9-21(2)18-26(32)30-23-12-14-24(15-13-23)31-27(33)19-29/h6,8-9,11-16,18H,7,10,17,19H2,1-5H3,(H,30,32)(H,31,33). The molecular weight excluding hydrogens is 432 g/mol. The Labute approximate surface area is 203 Å². The summed E-state index contributed by atoms with van der Waals surface area (Å²) in [5.74, 6) is -0.586. The lowest BCUT2D eigenvalue weighted by molar-refractivity contribution is -0.114. The maximum atomic E-state index is 12.3. The number of carbonyl (C=O) groups excluding carboxylic acids is 2. The number of alkyl halides is 1. The second kappa shape index (κ2) is 12.4. The fourth-order valence-corrected chi connectivity index (χ4v) is 3.96. The Bertz CT molecular complexity index is 1010. The summed E-state index contributed by atoms with van der Waals surface area (Å²) < 4.78 is 0. The van der Waals surface area contributed by atoms with E-state index in [4.69, 9.17) is 11.6 Å². The predicted octanol–water partition coefficient (Wildman–Crippen LogP) is 7.33. The highest BCUT2D eigenvalue weighted by Crippen LogP contribution is 2.40. The summed E-state index contributed by atoms with van der Waals surface area (Å²) in [5.41, 5.74) is 6.46. The lowest BCUT2D eigenvalue weighted by atomic mass is 9.72. The third-order valence-electron chi connectivity index (χ3n) is 5.69. The third kappa shape index (κ3) is 8.89. The highest BCUT2D eigenvalue weighted by atomic mass is 35.5. The Morgan fingerprint density at radius 1 is 1.03 bits per heavy atom. The van der Waals surface area contributed by atoms with Crippen LogP contribution in [0.15, 0.2) is 83.0 Å². The lowest BCUT2D eigenvalue weighted by Crippen LogP contribution is -2.19. The molecule has 0 atom stereocenters. The second-order valence-electron chi connectivity index (χ2n) is 9.17. The van der Waals surface area contributed by atoms with Crippen molar-refractivity contribution >= 4 is 34.8 Å². The maximum absolute atomic E-state index is 12.3. The van der Waals surface area contributed by atoms with Crippen molar-refractivity contribution in [2.24, 2.45) is 5.41 Å². The normalized spacial score (nSPS) is 17.0. The average molecular weight is 467 g/mol. The van der Waals surface area contributed by atoms with Crippen LogP contribution in [0.3, 0.4) is 0 Å². The molecule has 0 unspecified atom stereocenters. The maximum Gasteiger partial charge on any atom is 0.248 e. The van der Waals surface area contributed by atoms with Crippen LogP contribution in [0.5, 0.6) is 0 Å². The van der Waals surface area contributed by atoms with Gasteiger partial charge in [0.05, 0.1) is 0 Å². The van der Waals surface area contributed by atoms with Crippen LogP contribution in [-0.4, -0.2) is 17.7 Å². The summed E-state index contributed by atoms with van der Waals surface area (Å²) in [6, 6.07) is 6.88. The van der Waals surface area contributed by atoms with Gasteiger partial charge in [-0.1, -0.05) is 55.4 Å². The molecule has 2 amide bonds. The number of amides is 2. The minimum absolute atomic E-state index is 0.100. The lowest BCUT2D eigenvalue weighted by Gasteiger charge is -2.32. The highest BCUT2D eigenvalue weighted by Gasteiger charge is 2.26. The molecule has 0 bridgehead atoms. The van der Waals surface area contributed by atoms with E-state index in [1.165, 1.54) is 30.4 Å². The van der Waals surface area contributed by atoms with Gasteiger partial charge in [-0.2, -0.15) is 0 Å². The molecule has 0 fully saturated rings. The molecule has 33 heavy (non-hydrogen) atoms. The van der Waals surface area contributed by atoms with Gasteiger partial charge < -0.3 is 10.6 Å². The highest BCUT2D eigenvalue weighted by molar-refractivity contribution is 6.29. The number of benzene rings is 1. The van der Waals surface area contributed by atoms with E-state index in [-0.39, 0.29) is 23.1 Å². The Morgan fingerprint density at radius 2 is 1.67 bits per heavy atom. The summed E-state index contributed by atoms with van der Waals surface area (Å²) in [5, 5.41) is 5.47. The van der Waals surface area contributed by atoms with Crippen molar-refractivity contribution in [3.8, 4) is 0 Å². The van der Waals surface area contributed by atoms with Crippen molar-refractivity contribution in [1.29, 1.82) is 0 Å². The van der Waals surface area contributed by atoms with Gasteiger partial charge in [0.1, 0.15) is 5.88 Å². The van der Waals surface area contributed by atoms with Crippen LogP contribution in [0.1, 0.15) is 53.9 Å². The van der Waals surface area contributed by atoms with Crippen LogP contribution in [0, 0.1) is 5.41 Å². The Balaban J connectivity index is 1.92. The molecule has 0 saturated heterocycles. The smallest absolute Gasteiger partial charge is 0.248 e. The first-order valence-electron chi connectivity index (χ1n) is 11.3. The number of halogens is 1. The minimum Gasteiger partial charge on any atom is -0.325 e. The van der Waals surface area contributed by atoms with Gasteiger partial charge in [0.2, 0.25) is 11.8 Å². The number of anilines is 2. The van der Waals surface area contributed by atoms with Crippen molar-refractivity contribution in [1.82, 2.24) is 0 Å². The van der Waals surface area contributed by atoms with Crippen molar-refractivity contribution < 1.29 is 9.59 Å². The molecule has 0 aromatic heterocycles.